The fourth-order valence-electron chi connectivity index (χ4n) is 2.31. The molecule has 0 aromatic carbocycles. The monoisotopic (exact) mass is 341 g/mol. The van der Waals surface area contributed by atoms with E-state index in [1.165, 1.54) is 4.88 Å². The zero-order chi connectivity index (χ0) is 17.3. The van der Waals surface area contributed by atoms with Gasteiger partial charge in [0.1, 0.15) is 5.82 Å². The van der Waals surface area contributed by atoms with Crippen LogP contribution in [-0.2, 0) is 5.41 Å². The number of thiophene rings is 1. The Kier molecular flexibility index (Phi) is 4.51. The second-order valence-electron chi connectivity index (χ2n) is 7.06. The van der Waals surface area contributed by atoms with Gasteiger partial charge < -0.3 is 11.1 Å². The van der Waals surface area contributed by atoms with E-state index in [9.17, 15) is 0 Å². The first kappa shape index (κ1) is 16.8. The van der Waals surface area contributed by atoms with Crippen LogP contribution in [0.4, 0.5) is 5.82 Å². The number of hydrogen-bond donors (Lipinski definition) is 2. The molecule has 0 bridgehead atoms. The molecule has 3 N–H and O–H groups in total. The first-order chi connectivity index (χ1) is 11.3. The molecule has 0 aliphatic rings. The topological polar surface area (TPSA) is 76.7 Å². The number of fused-ring (bicyclic) bond motifs is 1. The maximum atomic E-state index is 5.90. The Balaban J connectivity index is 2.14. The predicted molar refractivity (Wildman–Crippen MR) is 101 cm³/mol. The van der Waals surface area contributed by atoms with Crippen molar-refractivity contribution >= 4 is 27.4 Å². The standard InChI is InChI=1S/C18H23N5S/c1-11(19)10-21-17-15-13(9-14(24-15)18(2,3)4)22-16(23-17)12-5-7-20-8-6-12/h5-9,11H,10,19H2,1-4H3,(H,21,22,23)/t11-/m0/s1. The van der Waals surface area contributed by atoms with Crippen LogP contribution < -0.4 is 11.1 Å². The molecule has 0 amide bonds. The van der Waals surface area contributed by atoms with E-state index in [2.05, 4.69) is 37.1 Å². The van der Waals surface area contributed by atoms with E-state index in [1.807, 2.05) is 19.1 Å². The molecule has 1 atom stereocenters. The van der Waals surface area contributed by atoms with Gasteiger partial charge in [-0.3, -0.25) is 4.98 Å². The van der Waals surface area contributed by atoms with Gasteiger partial charge in [0.05, 0.1) is 10.2 Å². The SMILES string of the molecule is C[C@H](N)CNc1nc(-c2ccncc2)nc2cc(C(C)(C)C)sc12. The summed E-state index contributed by atoms with van der Waals surface area (Å²) in [4.78, 5) is 14.9. The van der Waals surface area contributed by atoms with Crippen LogP contribution in [0.1, 0.15) is 32.6 Å². The number of anilines is 1. The third kappa shape index (κ3) is 3.55. The summed E-state index contributed by atoms with van der Waals surface area (Å²) in [5.41, 5.74) is 7.91. The lowest BCUT2D eigenvalue weighted by molar-refractivity contribution is 0.604. The molecule has 0 aliphatic heterocycles. The smallest absolute Gasteiger partial charge is 0.162 e. The summed E-state index contributed by atoms with van der Waals surface area (Å²) in [6.45, 7) is 9.28. The minimum absolute atomic E-state index is 0.0569. The van der Waals surface area contributed by atoms with Crippen molar-refractivity contribution in [1.29, 1.82) is 0 Å². The third-order valence-electron chi connectivity index (χ3n) is 3.64. The summed E-state index contributed by atoms with van der Waals surface area (Å²) in [5.74, 6) is 1.56. The van der Waals surface area contributed by atoms with Gasteiger partial charge in [0.2, 0.25) is 0 Å². The molecule has 0 radical (unpaired) electrons. The predicted octanol–water partition coefficient (Wildman–Crippen LogP) is 3.81. The average Bonchev–Trinajstić information content (AvgIpc) is 2.97. The molecule has 6 heteroatoms. The largest absolute Gasteiger partial charge is 0.367 e. The normalized spacial score (nSPS) is 13.2. The van der Waals surface area contributed by atoms with Gasteiger partial charge in [-0.05, 0) is 30.5 Å². The van der Waals surface area contributed by atoms with Crippen molar-refractivity contribution in [3.05, 3.63) is 35.5 Å². The lowest BCUT2D eigenvalue weighted by Crippen LogP contribution is -2.25. The highest BCUT2D eigenvalue weighted by molar-refractivity contribution is 7.19. The molecule has 0 saturated carbocycles. The van der Waals surface area contributed by atoms with E-state index in [1.54, 1.807) is 23.7 Å². The van der Waals surface area contributed by atoms with Gasteiger partial charge in [-0.15, -0.1) is 11.3 Å². The zero-order valence-corrected chi connectivity index (χ0v) is 15.3. The molecule has 0 aliphatic carbocycles. The third-order valence-corrected chi connectivity index (χ3v) is 5.20. The zero-order valence-electron chi connectivity index (χ0n) is 14.5. The van der Waals surface area contributed by atoms with E-state index in [4.69, 9.17) is 15.7 Å². The number of nitrogens with one attached hydrogen (secondary N) is 1. The van der Waals surface area contributed by atoms with Crippen molar-refractivity contribution in [3.8, 4) is 11.4 Å². The molecule has 3 aromatic rings. The average molecular weight is 341 g/mol. The van der Waals surface area contributed by atoms with Crippen molar-refractivity contribution < 1.29 is 0 Å². The molecular formula is C18H23N5S. The van der Waals surface area contributed by atoms with Crippen molar-refractivity contribution in [2.75, 3.05) is 11.9 Å². The second-order valence-corrected chi connectivity index (χ2v) is 8.12. The quantitative estimate of drug-likeness (QED) is 0.754. The molecular weight excluding hydrogens is 318 g/mol. The number of pyridine rings is 1. The molecule has 3 rings (SSSR count). The van der Waals surface area contributed by atoms with Crippen LogP contribution in [0.25, 0.3) is 21.6 Å². The summed E-state index contributed by atoms with van der Waals surface area (Å²) in [6.07, 6.45) is 3.51. The first-order valence-electron chi connectivity index (χ1n) is 8.06. The lowest BCUT2D eigenvalue weighted by atomic mass is 9.95. The van der Waals surface area contributed by atoms with Crippen LogP contribution in [0.5, 0.6) is 0 Å². The molecule has 0 unspecified atom stereocenters. The number of rotatable bonds is 4. The molecule has 24 heavy (non-hydrogen) atoms. The fourth-order valence-corrected chi connectivity index (χ4v) is 3.43. The van der Waals surface area contributed by atoms with Crippen LogP contribution in [0.15, 0.2) is 30.6 Å². The van der Waals surface area contributed by atoms with Gasteiger partial charge in [0, 0.05) is 35.4 Å². The number of hydrogen-bond acceptors (Lipinski definition) is 6. The Morgan fingerprint density at radius 1 is 1.21 bits per heavy atom. The molecule has 0 fully saturated rings. The van der Waals surface area contributed by atoms with Crippen molar-refractivity contribution in [3.63, 3.8) is 0 Å². The molecule has 0 spiro atoms. The molecule has 5 nitrogen and oxygen atoms in total. The molecule has 0 saturated heterocycles. The van der Waals surface area contributed by atoms with Gasteiger partial charge in [-0.25, -0.2) is 9.97 Å². The Morgan fingerprint density at radius 2 is 1.92 bits per heavy atom. The van der Waals surface area contributed by atoms with Crippen LogP contribution in [0.3, 0.4) is 0 Å². The maximum absolute atomic E-state index is 5.90. The van der Waals surface area contributed by atoms with Gasteiger partial charge >= 0.3 is 0 Å². The highest BCUT2D eigenvalue weighted by Gasteiger charge is 2.20. The molecule has 3 heterocycles. The van der Waals surface area contributed by atoms with Crippen molar-refractivity contribution in [1.82, 2.24) is 15.0 Å². The Labute approximate surface area is 146 Å². The fraction of sp³-hybridized carbons (Fsp3) is 0.389. The van der Waals surface area contributed by atoms with E-state index in [0.717, 1.165) is 21.6 Å². The van der Waals surface area contributed by atoms with Gasteiger partial charge in [0.15, 0.2) is 5.82 Å². The highest BCUT2D eigenvalue weighted by atomic mass is 32.1. The van der Waals surface area contributed by atoms with Gasteiger partial charge in [-0.1, -0.05) is 20.8 Å². The molecule has 126 valence electrons. The Morgan fingerprint density at radius 3 is 2.54 bits per heavy atom. The molecule has 3 aromatic heterocycles. The number of aromatic nitrogens is 3. The Bertz CT molecular complexity index is 834. The van der Waals surface area contributed by atoms with Crippen molar-refractivity contribution in [2.45, 2.75) is 39.2 Å². The first-order valence-corrected chi connectivity index (χ1v) is 8.88. The second kappa shape index (κ2) is 6.45. The van der Waals surface area contributed by atoms with Crippen LogP contribution in [0, 0.1) is 0 Å². The minimum Gasteiger partial charge on any atom is -0.367 e. The van der Waals surface area contributed by atoms with Gasteiger partial charge in [-0.2, -0.15) is 0 Å². The van der Waals surface area contributed by atoms with Crippen LogP contribution in [-0.4, -0.2) is 27.5 Å². The summed E-state index contributed by atoms with van der Waals surface area (Å²) < 4.78 is 1.08. The minimum atomic E-state index is 0.0569. The van der Waals surface area contributed by atoms with E-state index >= 15 is 0 Å². The number of nitrogens with two attached hydrogens (primary N) is 1. The van der Waals surface area contributed by atoms with E-state index in [0.29, 0.717) is 12.4 Å². The summed E-state index contributed by atoms with van der Waals surface area (Å²) in [6, 6.07) is 6.08. The Hall–Kier alpha value is -2.05. The summed E-state index contributed by atoms with van der Waals surface area (Å²) in [5, 5.41) is 3.38. The lowest BCUT2D eigenvalue weighted by Gasteiger charge is -2.14. The maximum Gasteiger partial charge on any atom is 0.162 e. The number of nitrogens with zero attached hydrogens (tertiary/aromatic N) is 3. The highest BCUT2D eigenvalue weighted by Crippen LogP contribution is 2.37. The summed E-state index contributed by atoms with van der Waals surface area (Å²) >= 11 is 1.75. The van der Waals surface area contributed by atoms with Crippen LogP contribution in [0.2, 0.25) is 0 Å². The summed E-state index contributed by atoms with van der Waals surface area (Å²) in [7, 11) is 0. The van der Waals surface area contributed by atoms with E-state index in [-0.39, 0.29) is 11.5 Å². The van der Waals surface area contributed by atoms with E-state index < -0.39 is 0 Å². The van der Waals surface area contributed by atoms with Gasteiger partial charge in [0.25, 0.3) is 0 Å². The van der Waals surface area contributed by atoms with Crippen LogP contribution >= 0.6 is 11.3 Å². The van der Waals surface area contributed by atoms with Crippen molar-refractivity contribution in [2.24, 2.45) is 5.73 Å².